The Hall–Kier alpha value is -3.56. The highest BCUT2D eigenvalue weighted by atomic mass is 16.5. The Morgan fingerprint density at radius 1 is 1.19 bits per heavy atom. The Bertz CT molecular complexity index is 1200. The number of benzene rings is 1. The minimum atomic E-state index is -2.61. The van der Waals surface area contributed by atoms with Gasteiger partial charge in [0.25, 0.3) is 5.91 Å². The van der Waals surface area contributed by atoms with Crippen LogP contribution in [0.5, 0.6) is 5.75 Å². The molecule has 36 heavy (non-hydrogen) atoms. The molecule has 3 aliphatic carbocycles. The lowest BCUT2D eigenvalue weighted by Crippen LogP contribution is -2.69. The molecule has 0 bridgehead atoms. The number of Topliss-reactive ketones (excluding diaryl/α,β-unsaturated/α-hetero) is 3. The molecule has 1 saturated carbocycles. The molecule has 9 heteroatoms. The lowest BCUT2D eigenvalue weighted by atomic mass is 9.54. The maximum atomic E-state index is 13.9. The van der Waals surface area contributed by atoms with Crippen LogP contribution in [0, 0.1) is 17.8 Å². The van der Waals surface area contributed by atoms with E-state index in [0.717, 1.165) is 5.56 Å². The van der Waals surface area contributed by atoms with E-state index in [4.69, 9.17) is 15.2 Å². The van der Waals surface area contributed by atoms with Crippen molar-refractivity contribution in [1.82, 2.24) is 4.90 Å². The molecule has 1 aromatic rings. The standard InChI is InChI=1S/C27H30N2O7/c1-5-10-35-17-9-7-8-14-12-15-13-16-21(29(3)4)23(36-11-6-2)20(26(28)33)25(32)27(16,34)24(31)19(15)22(30)18(14)17/h5-9,15-16,19,21,34H,1-2,10-13H2,3-4H3,(H2,28,33). The third kappa shape index (κ3) is 3.70. The quantitative estimate of drug-likeness (QED) is 0.310. The van der Waals surface area contributed by atoms with Gasteiger partial charge in [0.2, 0.25) is 5.78 Å². The summed E-state index contributed by atoms with van der Waals surface area (Å²) in [5.41, 5.74) is 3.37. The average molecular weight is 495 g/mol. The summed E-state index contributed by atoms with van der Waals surface area (Å²) < 4.78 is 11.4. The molecule has 1 fully saturated rings. The predicted octanol–water partition coefficient (Wildman–Crippen LogP) is 0.998. The number of likely N-dealkylation sites (N-methyl/N-ethyl adjacent to an activating group) is 1. The van der Waals surface area contributed by atoms with Crippen LogP contribution >= 0.6 is 0 Å². The summed E-state index contributed by atoms with van der Waals surface area (Å²) in [6.07, 6.45) is 3.56. The molecule has 190 valence electrons. The number of fused-ring (bicyclic) bond motifs is 3. The molecule has 0 radical (unpaired) electrons. The molecule has 1 amide bonds. The van der Waals surface area contributed by atoms with E-state index in [0.29, 0.717) is 12.2 Å². The number of primary amides is 1. The highest BCUT2D eigenvalue weighted by Crippen LogP contribution is 2.51. The number of carbonyl (C=O) groups is 4. The average Bonchev–Trinajstić information content (AvgIpc) is 2.82. The van der Waals surface area contributed by atoms with Gasteiger partial charge in [-0.1, -0.05) is 37.4 Å². The number of hydrogen-bond donors (Lipinski definition) is 2. The number of carbonyl (C=O) groups excluding carboxylic acids is 4. The van der Waals surface area contributed by atoms with Crippen molar-refractivity contribution in [1.29, 1.82) is 0 Å². The molecule has 0 spiro atoms. The van der Waals surface area contributed by atoms with E-state index in [2.05, 4.69) is 13.2 Å². The molecule has 1 aromatic carbocycles. The number of nitrogens with two attached hydrogens (primary N) is 1. The van der Waals surface area contributed by atoms with Crippen LogP contribution < -0.4 is 10.5 Å². The third-order valence-electron chi connectivity index (χ3n) is 7.33. The summed E-state index contributed by atoms with van der Waals surface area (Å²) in [6.45, 7) is 7.38. The van der Waals surface area contributed by atoms with Crippen molar-refractivity contribution in [3.05, 3.63) is 66.0 Å². The highest BCUT2D eigenvalue weighted by Gasteiger charge is 2.67. The first-order valence-corrected chi connectivity index (χ1v) is 11.7. The van der Waals surface area contributed by atoms with Gasteiger partial charge in [0.1, 0.15) is 30.3 Å². The fraction of sp³-hybridized carbons (Fsp3) is 0.407. The van der Waals surface area contributed by atoms with E-state index < -0.39 is 58.2 Å². The Balaban J connectivity index is 1.86. The normalized spacial score (nSPS) is 29.3. The highest BCUT2D eigenvalue weighted by molar-refractivity contribution is 6.32. The van der Waals surface area contributed by atoms with E-state index in [1.54, 1.807) is 37.2 Å². The molecule has 3 aliphatic rings. The predicted molar refractivity (Wildman–Crippen MR) is 130 cm³/mol. The fourth-order valence-electron chi connectivity index (χ4n) is 5.94. The van der Waals surface area contributed by atoms with Crippen LogP contribution in [-0.2, 0) is 25.5 Å². The van der Waals surface area contributed by atoms with E-state index in [1.807, 2.05) is 6.07 Å². The molecule has 3 N–H and O–H groups in total. The third-order valence-corrected chi connectivity index (χ3v) is 7.33. The Labute approximate surface area is 209 Å². The van der Waals surface area contributed by atoms with Gasteiger partial charge in [0.05, 0.1) is 17.5 Å². The molecule has 0 aliphatic heterocycles. The van der Waals surface area contributed by atoms with Gasteiger partial charge in [0, 0.05) is 5.92 Å². The smallest absolute Gasteiger partial charge is 0.255 e. The van der Waals surface area contributed by atoms with Crippen LogP contribution in [-0.4, -0.2) is 72.2 Å². The number of nitrogens with zero attached hydrogens (tertiary/aromatic N) is 1. The van der Waals surface area contributed by atoms with Gasteiger partial charge in [-0.05, 0) is 44.5 Å². The zero-order valence-corrected chi connectivity index (χ0v) is 20.4. The van der Waals surface area contributed by atoms with Gasteiger partial charge in [0.15, 0.2) is 17.2 Å². The Morgan fingerprint density at radius 3 is 2.47 bits per heavy atom. The van der Waals surface area contributed by atoms with Crippen LogP contribution in [0.2, 0.25) is 0 Å². The van der Waals surface area contributed by atoms with E-state index >= 15 is 0 Å². The summed E-state index contributed by atoms with van der Waals surface area (Å²) in [5.74, 6) is -6.03. The Morgan fingerprint density at radius 2 is 1.86 bits per heavy atom. The molecule has 5 atom stereocenters. The SMILES string of the molecule is C=CCOC1=C(C(N)=O)C(=O)C2(O)C(=O)C3C(=O)c4c(cccc4OCC=C)CC3CC2C1N(C)C. The van der Waals surface area contributed by atoms with Crippen molar-refractivity contribution in [3.8, 4) is 5.75 Å². The molecule has 0 heterocycles. The summed E-state index contributed by atoms with van der Waals surface area (Å²) in [7, 11) is 3.38. The molecule has 4 rings (SSSR count). The number of ether oxygens (including phenoxy) is 2. The van der Waals surface area contributed by atoms with Crippen LogP contribution in [0.3, 0.4) is 0 Å². The van der Waals surface area contributed by atoms with Gasteiger partial charge < -0.3 is 20.3 Å². The topological polar surface area (TPSA) is 136 Å². The monoisotopic (exact) mass is 494 g/mol. The molecule has 9 nitrogen and oxygen atoms in total. The van der Waals surface area contributed by atoms with Crippen molar-refractivity contribution in [3.63, 3.8) is 0 Å². The number of rotatable bonds is 8. The first kappa shape index (κ1) is 25.5. The van der Waals surface area contributed by atoms with Gasteiger partial charge in [-0.3, -0.25) is 24.1 Å². The van der Waals surface area contributed by atoms with E-state index in [9.17, 15) is 24.3 Å². The van der Waals surface area contributed by atoms with Crippen LogP contribution in [0.15, 0.2) is 54.8 Å². The number of amides is 1. The molecule has 5 unspecified atom stereocenters. The van der Waals surface area contributed by atoms with Crippen LogP contribution in [0.4, 0.5) is 0 Å². The van der Waals surface area contributed by atoms with Crippen LogP contribution in [0.25, 0.3) is 0 Å². The van der Waals surface area contributed by atoms with Crippen molar-refractivity contribution in [2.45, 2.75) is 24.5 Å². The number of aliphatic hydroxyl groups is 1. The van der Waals surface area contributed by atoms with E-state index in [1.165, 1.54) is 6.08 Å². The van der Waals surface area contributed by atoms with Gasteiger partial charge in [-0.15, -0.1) is 0 Å². The van der Waals surface area contributed by atoms with E-state index in [-0.39, 0.29) is 31.0 Å². The number of hydrogen-bond acceptors (Lipinski definition) is 8. The molecule has 0 saturated heterocycles. The van der Waals surface area contributed by atoms with Crippen molar-refractivity contribution in [2.75, 3.05) is 27.3 Å². The van der Waals surface area contributed by atoms with Crippen molar-refractivity contribution >= 4 is 23.3 Å². The second kappa shape index (κ2) is 9.48. The summed E-state index contributed by atoms with van der Waals surface area (Å²) in [6, 6.07) is 4.42. The summed E-state index contributed by atoms with van der Waals surface area (Å²) >= 11 is 0. The van der Waals surface area contributed by atoms with Gasteiger partial charge >= 0.3 is 0 Å². The van der Waals surface area contributed by atoms with Gasteiger partial charge in [-0.2, -0.15) is 0 Å². The van der Waals surface area contributed by atoms with Crippen LogP contribution in [0.1, 0.15) is 22.3 Å². The van der Waals surface area contributed by atoms with Gasteiger partial charge in [-0.25, -0.2) is 0 Å². The maximum Gasteiger partial charge on any atom is 0.255 e. The minimum Gasteiger partial charge on any atom is -0.491 e. The lowest BCUT2D eigenvalue weighted by Gasteiger charge is -2.52. The zero-order valence-electron chi connectivity index (χ0n) is 20.4. The maximum absolute atomic E-state index is 13.9. The lowest BCUT2D eigenvalue weighted by molar-refractivity contribution is -0.170. The molecule has 0 aromatic heterocycles. The summed E-state index contributed by atoms with van der Waals surface area (Å²) in [4.78, 5) is 55.3. The number of ketones is 3. The summed E-state index contributed by atoms with van der Waals surface area (Å²) in [5, 5.41) is 11.8. The van der Waals surface area contributed by atoms with Crippen molar-refractivity contribution in [2.24, 2.45) is 23.5 Å². The minimum absolute atomic E-state index is 0.000900. The second-order valence-electron chi connectivity index (χ2n) is 9.61. The largest absolute Gasteiger partial charge is 0.491 e. The zero-order chi connectivity index (χ0) is 26.4. The first-order valence-electron chi connectivity index (χ1n) is 11.7. The Kier molecular flexibility index (Phi) is 6.72. The fourth-order valence-corrected chi connectivity index (χ4v) is 5.94. The second-order valence-corrected chi connectivity index (χ2v) is 9.61. The van der Waals surface area contributed by atoms with Crippen molar-refractivity contribution < 1.29 is 33.8 Å². The molecular weight excluding hydrogens is 464 g/mol. The molecular formula is C27H30N2O7. The first-order chi connectivity index (χ1) is 17.1.